The molecule has 73 heavy (non-hydrogen) atoms. The second-order valence-electron chi connectivity index (χ2n) is 19.9. The van der Waals surface area contributed by atoms with Gasteiger partial charge in [-0.15, -0.1) is 0 Å². The van der Waals surface area contributed by atoms with Crippen LogP contribution in [-0.2, 0) is 28.6 Å². The molecule has 1 atom stereocenters. The third-order valence-electron chi connectivity index (χ3n) is 12.8. The van der Waals surface area contributed by atoms with Crippen molar-refractivity contribution in [2.75, 3.05) is 13.2 Å². The van der Waals surface area contributed by atoms with E-state index in [1.54, 1.807) is 0 Å². The van der Waals surface area contributed by atoms with Crippen LogP contribution < -0.4 is 0 Å². The van der Waals surface area contributed by atoms with Crippen LogP contribution in [0.15, 0.2) is 109 Å². The SMILES string of the molecule is CC/C=C\C/C=C\C/C=C\C/C=C\C/C=C\CCCCCCCCCCCCCC(=O)OCC(COC(=O)CC/C=C\C/C=C\C/C=C\C/C=C\CC)OC(=O)CCCCCCCCCCCCCCCCC. The number of ether oxygens (including phenoxy) is 3. The first-order valence-corrected chi connectivity index (χ1v) is 30.4. The summed E-state index contributed by atoms with van der Waals surface area (Å²) in [6, 6.07) is 0. The normalized spacial score (nSPS) is 12.9. The monoisotopic (exact) mass is 1010 g/mol. The van der Waals surface area contributed by atoms with Crippen molar-refractivity contribution in [3.63, 3.8) is 0 Å². The van der Waals surface area contributed by atoms with E-state index in [-0.39, 0.29) is 37.5 Å². The van der Waals surface area contributed by atoms with Crippen LogP contribution in [0.25, 0.3) is 0 Å². The molecule has 0 radical (unpaired) electrons. The highest BCUT2D eigenvalue weighted by atomic mass is 16.6. The summed E-state index contributed by atoms with van der Waals surface area (Å²) < 4.78 is 16.8. The van der Waals surface area contributed by atoms with E-state index in [9.17, 15) is 14.4 Å². The number of carbonyl (C=O) groups is 3. The summed E-state index contributed by atoms with van der Waals surface area (Å²) in [5.41, 5.74) is 0. The van der Waals surface area contributed by atoms with Gasteiger partial charge in [-0.3, -0.25) is 14.4 Å². The summed E-state index contributed by atoms with van der Waals surface area (Å²) in [5, 5.41) is 0. The quantitative estimate of drug-likeness (QED) is 0.0261. The zero-order valence-electron chi connectivity index (χ0n) is 47.6. The molecule has 0 fully saturated rings. The zero-order chi connectivity index (χ0) is 52.9. The van der Waals surface area contributed by atoms with E-state index in [2.05, 4.69) is 124 Å². The second kappa shape index (κ2) is 60.6. The molecule has 0 spiro atoms. The predicted molar refractivity (Wildman–Crippen MR) is 316 cm³/mol. The first kappa shape index (κ1) is 69.1. The number of carbonyl (C=O) groups excluding carboxylic acids is 3. The van der Waals surface area contributed by atoms with Crippen molar-refractivity contribution in [2.24, 2.45) is 0 Å². The van der Waals surface area contributed by atoms with Crippen molar-refractivity contribution >= 4 is 17.9 Å². The summed E-state index contributed by atoms with van der Waals surface area (Å²) >= 11 is 0. The molecule has 0 aliphatic heterocycles. The Morgan fingerprint density at radius 3 is 0.918 bits per heavy atom. The Morgan fingerprint density at radius 2 is 0.562 bits per heavy atom. The molecular weight excluding hydrogens is 901 g/mol. The van der Waals surface area contributed by atoms with Gasteiger partial charge in [0.1, 0.15) is 13.2 Å². The van der Waals surface area contributed by atoms with Gasteiger partial charge in [0, 0.05) is 19.3 Å². The standard InChI is InChI=1S/C67H112O6/c1-4-7-10-13-16-19-22-25-27-28-29-30-31-32-33-34-35-36-37-38-40-42-45-48-51-54-57-60-66(69)72-63-64(62-71-65(68)59-56-53-50-47-44-41-24-21-18-15-12-9-6-3)73-67(70)61-58-55-52-49-46-43-39-26-23-20-17-14-11-8-5-2/h7,9-10,12,16,18-19,21,25,27,29-30,32-33,41,44,50,53,64H,4-6,8,11,13-15,17,20,22-24,26,28,31,34-40,42-43,45-49,51-52,54-63H2,1-3H3/b10-7-,12-9-,19-16-,21-18-,27-25-,30-29-,33-32-,44-41-,53-50-. The Balaban J connectivity index is 4.32. The van der Waals surface area contributed by atoms with E-state index in [0.717, 1.165) is 96.3 Å². The highest BCUT2D eigenvalue weighted by molar-refractivity contribution is 5.71. The van der Waals surface area contributed by atoms with Crippen LogP contribution in [0.1, 0.15) is 278 Å². The van der Waals surface area contributed by atoms with E-state index in [4.69, 9.17) is 14.2 Å². The molecule has 416 valence electrons. The van der Waals surface area contributed by atoms with Crippen LogP contribution in [0.3, 0.4) is 0 Å². The lowest BCUT2D eigenvalue weighted by Gasteiger charge is -2.18. The number of allylic oxidation sites excluding steroid dienone is 18. The molecule has 0 saturated carbocycles. The second-order valence-corrected chi connectivity index (χ2v) is 19.9. The predicted octanol–water partition coefficient (Wildman–Crippen LogP) is 20.7. The molecule has 0 aliphatic carbocycles. The average molecular weight is 1010 g/mol. The summed E-state index contributed by atoms with van der Waals surface area (Å²) in [7, 11) is 0. The van der Waals surface area contributed by atoms with E-state index in [1.807, 2.05) is 6.08 Å². The lowest BCUT2D eigenvalue weighted by atomic mass is 10.0. The summed E-state index contributed by atoms with van der Waals surface area (Å²) in [6.07, 6.45) is 82.5. The third kappa shape index (κ3) is 58.8. The molecule has 0 aromatic heterocycles. The molecule has 0 aromatic carbocycles. The maximum Gasteiger partial charge on any atom is 0.306 e. The van der Waals surface area contributed by atoms with Crippen molar-refractivity contribution < 1.29 is 28.6 Å². The van der Waals surface area contributed by atoms with Gasteiger partial charge >= 0.3 is 17.9 Å². The van der Waals surface area contributed by atoms with Crippen LogP contribution in [0.5, 0.6) is 0 Å². The summed E-state index contributed by atoms with van der Waals surface area (Å²) in [6.45, 7) is 6.36. The van der Waals surface area contributed by atoms with E-state index in [0.29, 0.717) is 19.3 Å². The zero-order valence-corrected chi connectivity index (χ0v) is 47.6. The topological polar surface area (TPSA) is 78.9 Å². The van der Waals surface area contributed by atoms with Crippen molar-refractivity contribution in [1.29, 1.82) is 0 Å². The highest BCUT2D eigenvalue weighted by Gasteiger charge is 2.19. The van der Waals surface area contributed by atoms with Gasteiger partial charge in [0.25, 0.3) is 0 Å². The van der Waals surface area contributed by atoms with Crippen LogP contribution in [0.2, 0.25) is 0 Å². The van der Waals surface area contributed by atoms with Crippen molar-refractivity contribution in [1.82, 2.24) is 0 Å². The molecule has 6 heteroatoms. The number of rotatable bonds is 54. The van der Waals surface area contributed by atoms with E-state index < -0.39 is 6.10 Å². The van der Waals surface area contributed by atoms with Crippen LogP contribution in [0, 0.1) is 0 Å². The van der Waals surface area contributed by atoms with Gasteiger partial charge in [0.05, 0.1) is 0 Å². The third-order valence-corrected chi connectivity index (χ3v) is 12.8. The Labute approximate surface area is 450 Å². The van der Waals surface area contributed by atoms with Crippen molar-refractivity contribution in [3.8, 4) is 0 Å². The maximum atomic E-state index is 12.9. The minimum atomic E-state index is -0.807. The van der Waals surface area contributed by atoms with E-state index in [1.165, 1.54) is 135 Å². The molecule has 0 N–H and O–H groups in total. The Hall–Kier alpha value is -3.93. The molecule has 0 aromatic rings. The molecule has 6 nitrogen and oxygen atoms in total. The van der Waals surface area contributed by atoms with Crippen molar-refractivity contribution in [3.05, 3.63) is 109 Å². The molecular formula is C67H112O6. The number of unbranched alkanes of at least 4 members (excludes halogenated alkanes) is 25. The minimum Gasteiger partial charge on any atom is -0.462 e. The van der Waals surface area contributed by atoms with Crippen LogP contribution in [0.4, 0.5) is 0 Å². The van der Waals surface area contributed by atoms with Crippen LogP contribution in [-0.4, -0.2) is 37.2 Å². The fraction of sp³-hybridized carbons (Fsp3) is 0.687. The minimum absolute atomic E-state index is 0.100. The molecule has 0 amide bonds. The Kier molecular flexibility index (Phi) is 57.4. The van der Waals surface area contributed by atoms with Gasteiger partial charge in [-0.05, 0) is 89.9 Å². The van der Waals surface area contributed by atoms with Crippen LogP contribution >= 0.6 is 0 Å². The first-order valence-electron chi connectivity index (χ1n) is 30.4. The lowest BCUT2D eigenvalue weighted by Crippen LogP contribution is -2.30. The van der Waals surface area contributed by atoms with Gasteiger partial charge in [0.15, 0.2) is 6.10 Å². The Bertz CT molecular complexity index is 1490. The van der Waals surface area contributed by atoms with Gasteiger partial charge in [0.2, 0.25) is 0 Å². The fourth-order valence-corrected chi connectivity index (χ4v) is 8.31. The van der Waals surface area contributed by atoms with Crippen molar-refractivity contribution in [2.45, 2.75) is 284 Å². The first-order chi connectivity index (χ1) is 36.0. The summed E-state index contributed by atoms with van der Waals surface area (Å²) in [4.78, 5) is 38.2. The maximum absolute atomic E-state index is 12.9. The Morgan fingerprint density at radius 1 is 0.288 bits per heavy atom. The molecule has 0 rings (SSSR count). The molecule has 0 saturated heterocycles. The van der Waals surface area contributed by atoms with Gasteiger partial charge < -0.3 is 14.2 Å². The largest absolute Gasteiger partial charge is 0.462 e. The van der Waals surface area contributed by atoms with Gasteiger partial charge in [-0.1, -0.05) is 278 Å². The average Bonchev–Trinajstić information content (AvgIpc) is 3.39. The van der Waals surface area contributed by atoms with Gasteiger partial charge in [-0.2, -0.15) is 0 Å². The lowest BCUT2D eigenvalue weighted by molar-refractivity contribution is -0.166. The summed E-state index contributed by atoms with van der Waals surface area (Å²) in [5.74, 6) is -0.982. The number of hydrogen-bond donors (Lipinski definition) is 0. The molecule has 1 unspecified atom stereocenters. The smallest absolute Gasteiger partial charge is 0.306 e. The van der Waals surface area contributed by atoms with Gasteiger partial charge in [-0.25, -0.2) is 0 Å². The molecule has 0 heterocycles. The number of esters is 3. The highest BCUT2D eigenvalue weighted by Crippen LogP contribution is 2.16. The van der Waals surface area contributed by atoms with E-state index >= 15 is 0 Å². The molecule has 0 aliphatic rings. The molecule has 0 bridgehead atoms. The number of hydrogen-bond acceptors (Lipinski definition) is 6. The fourth-order valence-electron chi connectivity index (χ4n) is 8.31.